The standard InChI is InChI=1S/C25H31N3O3/c29-23-12-22-14-26(10-9-19-5-2-1-3-6-19)16-25(28(22)15-23)17-27(18-25)13-20-7-4-8-21(11-20)24(30)31/h1-8,11,22-23,29H,9-10,12-18H2,(H,30,31)/t22-,23+/m0/s1. The van der Waals surface area contributed by atoms with E-state index in [1.54, 1.807) is 12.1 Å². The predicted molar refractivity (Wildman–Crippen MR) is 119 cm³/mol. The molecule has 2 N–H and O–H groups in total. The van der Waals surface area contributed by atoms with Crippen LogP contribution >= 0.6 is 0 Å². The topological polar surface area (TPSA) is 67.2 Å². The predicted octanol–water partition coefficient (Wildman–Crippen LogP) is 1.93. The summed E-state index contributed by atoms with van der Waals surface area (Å²) in [5.41, 5.74) is 2.87. The highest BCUT2D eigenvalue weighted by molar-refractivity contribution is 5.87. The Morgan fingerprint density at radius 1 is 0.968 bits per heavy atom. The Kier molecular flexibility index (Phi) is 5.56. The molecule has 2 aromatic rings. The minimum atomic E-state index is -0.878. The van der Waals surface area contributed by atoms with Crippen LogP contribution in [0.3, 0.4) is 0 Å². The number of β-amino-alcohol motifs (C(OH)–C–C–N with tert-alkyl or cyclic N) is 1. The monoisotopic (exact) mass is 421 g/mol. The van der Waals surface area contributed by atoms with Crippen molar-refractivity contribution in [2.45, 2.75) is 37.1 Å². The third-order valence-corrected chi connectivity index (χ3v) is 7.16. The number of benzene rings is 2. The molecule has 1 spiro atoms. The van der Waals surface area contributed by atoms with Crippen LogP contribution in [0.1, 0.15) is 27.9 Å². The minimum absolute atomic E-state index is 0.0987. The number of fused-ring (bicyclic) bond motifs is 2. The van der Waals surface area contributed by atoms with E-state index in [1.807, 2.05) is 12.1 Å². The Bertz CT molecular complexity index is 929. The molecule has 6 heteroatoms. The van der Waals surface area contributed by atoms with Crippen molar-refractivity contribution in [2.24, 2.45) is 0 Å². The van der Waals surface area contributed by atoms with Gasteiger partial charge in [-0.3, -0.25) is 14.7 Å². The second kappa shape index (κ2) is 8.36. The average molecular weight is 422 g/mol. The summed E-state index contributed by atoms with van der Waals surface area (Å²) in [7, 11) is 0. The quantitative estimate of drug-likeness (QED) is 0.743. The summed E-state index contributed by atoms with van der Waals surface area (Å²) in [6, 6.07) is 18.3. The SMILES string of the molecule is O=C(O)c1cccc(CN2CC3(CN(CCc4ccccc4)C[C@@H]4C[C@@H](O)CN43)C2)c1. The molecule has 164 valence electrons. The zero-order valence-electron chi connectivity index (χ0n) is 17.9. The first-order valence-electron chi connectivity index (χ1n) is 11.3. The molecule has 3 aliphatic heterocycles. The Morgan fingerprint density at radius 3 is 2.48 bits per heavy atom. The summed E-state index contributed by atoms with van der Waals surface area (Å²) in [5.74, 6) is -0.878. The first-order chi connectivity index (χ1) is 15.0. The largest absolute Gasteiger partial charge is 0.478 e. The van der Waals surface area contributed by atoms with E-state index in [-0.39, 0.29) is 11.6 Å². The van der Waals surface area contributed by atoms with Gasteiger partial charge >= 0.3 is 5.97 Å². The number of nitrogens with zero attached hydrogens (tertiary/aromatic N) is 3. The third kappa shape index (κ3) is 4.26. The van der Waals surface area contributed by atoms with Crippen molar-refractivity contribution in [3.05, 3.63) is 71.3 Å². The Morgan fingerprint density at radius 2 is 1.71 bits per heavy atom. The van der Waals surface area contributed by atoms with Crippen molar-refractivity contribution in [3.63, 3.8) is 0 Å². The number of aliphatic hydroxyl groups excluding tert-OH is 1. The highest BCUT2D eigenvalue weighted by atomic mass is 16.4. The van der Waals surface area contributed by atoms with Gasteiger partial charge in [0.05, 0.1) is 17.2 Å². The molecule has 0 aromatic heterocycles. The maximum absolute atomic E-state index is 11.3. The van der Waals surface area contributed by atoms with Gasteiger partial charge < -0.3 is 10.2 Å². The molecule has 0 radical (unpaired) electrons. The molecule has 0 unspecified atom stereocenters. The second-order valence-corrected chi connectivity index (χ2v) is 9.54. The Labute approximate surface area is 183 Å². The lowest BCUT2D eigenvalue weighted by atomic mass is 9.83. The molecule has 3 heterocycles. The van der Waals surface area contributed by atoms with Crippen molar-refractivity contribution in [1.82, 2.24) is 14.7 Å². The van der Waals surface area contributed by atoms with Crippen molar-refractivity contribution in [1.29, 1.82) is 0 Å². The molecule has 5 rings (SSSR count). The van der Waals surface area contributed by atoms with E-state index in [4.69, 9.17) is 0 Å². The van der Waals surface area contributed by atoms with Crippen LogP contribution in [0.2, 0.25) is 0 Å². The number of aromatic carboxylic acids is 1. The van der Waals surface area contributed by atoms with E-state index in [2.05, 4.69) is 45.0 Å². The number of rotatable bonds is 6. The number of likely N-dealkylation sites (tertiary alicyclic amines) is 1. The van der Waals surface area contributed by atoms with Gasteiger partial charge in [-0.05, 0) is 36.1 Å². The van der Waals surface area contributed by atoms with Crippen LogP contribution < -0.4 is 0 Å². The molecule has 2 atom stereocenters. The van der Waals surface area contributed by atoms with Gasteiger partial charge in [0.2, 0.25) is 0 Å². The van der Waals surface area contributed by atoms with Gasteiger partial charge in [0, 0.05) is 51.9 Å². The summed E-state index contributed by atoms with van der Waals surface area (Å²) in [5, 5.41) is 19.6. The van der Waals surface area contributed by atoms with Gasteiger partial charge in [-0.2, -0.15) is 0 Å². The van der Waals surface area contributed by atoms with E-state index in [9.17, 15) is 15.0 Å². The lowest BCUT2D eigenvalue weighted by molar-refractivity contribution is -0.116. The summed E-state index contributed by atoms with van der Waals surface area (Å²) in [4.78, 5) is 18.8. The van der Waals surface area contributed by atoms with Gasteiger partial charge in [0.15, 0.2) is 0 Å². The van der Waals surface area contributed by atoms with Crippen LogP contribution in [0.15, 0.2) is 54.6 Å². The molecule has 3 saturated heterocycles. The number of carboxylic acids is 1. The summed E-state index contributed by atoms with van der Waals surface area (Å²) >= 11 is 0. The highest BCUT2D eigenvalue weighted by Gasteiger charge is 2.55. The molecule has 3 aliphatic rings. The maximum Gasteiger partial charge on any atom is 0.335 e. The minimum Gasteiger partial charge on any atom is -0.478 e. The fraction of sp³-hybridized carbons (Fsp3) is 0.480. The van der Waals surface area contributed by atoms with Gasteiger partial charge in [-0.1, -0.05) is 42.5 Å². The number of aliphatic hydroxyl groups is 1. The molecular weight excluding hydrogens is 390 g/mol. The number of hydrogen-bond donors (Lipinski definition) is 2. The number of carboxylic acid groups (broad SMARTS) is 1. The maximum atomic E-state index is 11.3. The Hall–Kier alpha value is -2.25. The zero-order valence-corrected chi connectivity index (χ0v) is 17.9. The first-order valence-corrected chi connectivity index (χ1v) is 11.3. The lowest BCUT2D eigenvalue weighted by Gasteiger charge is -2.61. The molecule has 3 fully saturated rings. The van der Waals surface area contributed by atoms with Crippen molar-refractivity contribution in [2.75, 3.05) is 39.3 Å². The second-order valence-electron chi connectivity index (χ2n) is 9.54. The van der Waals surface area contributed by atoms with Gasteiger partial charge in [-0.15, -0.1) is 0 Å². The molecule has 0 saturated carbocycles. The van der Waals surface area contributed by atoms with Crippen LogP contribution in [0.5, 0.6) is 0 Å². The molecule has 0 bridgehead atoms. The normalized spacial score (nSPS) is 26.0. The summed E-state index contributed by atoms with van der Waals surface area (Å²) in [6.45, 7) is 6.60. The van der Waals surface area contributed by atoms with E-state index in [0.29, 0.717) is 11.6 Å². The van der Waals surface area contributed by atoms with Crippen LogP contribution in [0.4, 0.5) is 0 Å². The molecule has 2 aromatic carbocycles. The third-order valence-electron chi connectivity index (χ3n) is 7.16. The van der Waals surface area contributed by atoms with Crippen molar-refractivity contribution < 1.29 is 15.0 Å². The number of hydrogen-bond acceptors (Lipinski definition) is 5. The van der Waals surface area contributed by atoms with Crippen LogP contribution in [0.25, 0.3) is 0 Å². The fourth-order valence-corrected chi connectivity index (χ4v) is 5.86. The van der Waals surface area contributed by atoms with E-state index in [1.165, 1.54) is 5.56 Å². The van der Waals surface area contributed by atoms with Gasteiger partial charge in [0.25, 0.3) is 0 Å². The van der Waals surface area contributed by atoms with Crippen LogP contribution in [0, 0.1) is 0 Å². The molecule has 0 amide bonds. The Balaban J connectivity index is 1.25. The number of piperazine rings is 1. The highest BCUT2D eigenvalue weighted by Crippen LogP contribution is 2.39. The molecule has 31 heavy (non-hydrogen) atoms. The van der Waals surface area contributed by atoms with E-state index < -0.39 is 5.97 Å². The van der Waals surface area contributed by atoms with Crippen LogP contribution in [-0.2, 0) is 13.0 Å². The zero-order chi connectivity index (χ0) is 21.4. The summed E-state index contributed by atoms with van der Waals surface area (Å²) in [6.07, 6.45) is 1.69. The lowest BCUT2D eigenvalue weighted by Crippen LogP contribution is -2.77. The van der Waals surface area contributed by atoms with E-state index in [0.717, 1.165) is 64.2 Å². The average Bonchev–Trinajstić information content (AvgIpc) is 3.12. The first kappa shape index (κ1) is 20.6. The van der Waals surface area contributed by atoms with Crippen LogP contribution in [-0.4, -0.2) is 87.8 Å². The summed E-state index contributed by atoms with van der Waals surface area (Å²) < 4.78 is 0. The van der Waals surface area contributed by atoms with Crippen molar-refractivity contribution >= 4 is 5.97 Å². The fourth-order valence-electron chi connectivity index (χ4n) is 5.86. The smallest absolute Gasteiger partial charge is 0.335 e. The van der Waals surface area contributed by atoms with Gasteiger partial charge in [-0.25, -0.2) is 4.79 Å². The molecular formula is C25H31N3O3. The molecule has 0 aliphatic carbocycles. The van der Waals surface area contributed by atoms with E-state index >= 15 is 0 Å². The van der Waals surface area contributed by atoms with Crippen molar-refractivity contribution in [3.8, 4) is 0 Å². The number of carbonyl (C=O) groups is 1. The van der Waals surface area contributed by atoms with Gasteiger partial charge in [0.1, 0.15) is 0 Å². The molecule has 6 nitrogen and oxygen atoms in total.